The average molecular weight is 167 g/mol. The highest BCUT2D eigenvalue weighted by Gasteiger charge is 1.93. The van der Waals surface area contributed by atoms with Gasteiger partial charge in [-0.05, 0) is 17.3 Å². The third-order valence-corrected chi connectivity index (χ3v) is 2.47. The highest BCUT2D eigenvalue weighted by molar-refractivity contribution is 6.45. The molecule has 0 fully saturated rings. The van der Waals surface area contributed by atoms with E-state index in [1.165, 1.54) is 5.69 Å². The van der Waals surface area contributed by atoms with Gasteiger partial charge in [0.05, 0.1) is 0 Å². The average Bonchev–Trinajstić information content (AvgIpc) is 2.05. The Morgan fingerprint density at radius 2 is 1.73 bits per heavy atom. The van der Waals surface area contributed by atoms with Gasteiger partial charge in [-0.15, -0.1) is 0 Å². The van der Waals surface area contributed by atoms with Crippen LogP contribution in [-0.4, -0.2) is 28.7 Å². The van der Waals surface area contributed by atoms with Crippen molar-refractivity contribution >= 4 is 20.6 Å². The molecule has 0 amide bonds. The Kier molecular flexibility index (Phi) is 2.68. The second kappa shape index (κ2) is 3.55. The molecule has 3 heteroatoms. The fourth-order valence-corrected chi connectivity index (χ4v) is 1.35. The zero-order valence-electron chi connectivity index (χ0n) is 6.91. The van der Waals surface area contributed by atoms with Crippen LogP contribution in [0.25, 0.3) is 0 Å². The molecule has 0 unspecified atom stereocenters. The number of hydrogen-bond donors (Lipinski definition) is 1. The predicted octanol–water partition coefficient (Wildman–Crippen LogP) is -0.546. The van der Waals surface area contributed by atoms with Crippen molar-refractivity contribution in [1.29, 1.82) is 0 Å². The molecule has 0 spiro atoms. The first-order chi connectivity index (χ1) is 5.24. The molecule has 60 valence electrons. The van der Waals surface area contributed by atoms with Crippen molar-refractivity contribution in [3.8, 4) is 0 Å². The van der Waals surface area contributed by atoms with E-state index in [1.807, 2.05) is 43.3 Å². The Balaban J connectivity index is 2.83. The maximum Gasteiger partial charge on any atom is 0.187 e. The van der Waals surface area contributed by atoms with Gasteiger partial charge in [0, 0.05) is 19.8 Å². The lowest BCUT2D eigenvalue weighted by molar-refractivity contribution is 0.615. The fourth-order valence-electron chi connectivity index (χ4n) is 0.899. The third-order valence-electron chi connectivity index (χ3n) is 1.64. The Bertz CT molecular complexity index is 220. The second-order valence-corrected chi connectivity index (χ2v) is 3.85. The topological polar surface area (TPSA) is 23.5 Å². The summed E-state index contributed by atoms with van der Waals surface area (Å²) in [6, 6.07) is 8.03. The summed E-state index contributed by atoms with van der Waals surface area (Å²) in [6.45, 7) is 0. The van der Waals surface area contributed by atoms with Gasteiger partial charge in [-0.3, -0.25) is 0 Å². The van der Waals surface area contributed by atoms with E-state index >= 15 is 0 Å². The van der Waals surface area contributed by atoms with Gasteiger partial charge in [0.25, 0.3) is 0 Å². The second-order valence-electron chi connectivity index (χ2n) is 2.72. The molecule has 2 nitrogen and oxygen atoms in total. The van der Waals surface area contributed by atoms with Gasteiger partial charge in [0.1, 0.15) is 0 Å². The van der Waals surface area contributed by atoms with Crippen molar-refractivity contribution in [3.63, 3.8) is 0 Å². The number of rotatable bonds is 2. The lowest BCUT2D eigenvalue weighted by Gasteiger charge is -2.11. The molecule has 0 bridgehead atoms. The molecular weight excluding hydrogens is 154 g/mol. The number of benzene rings is 1. The summed E-state index contributed by atoms with van der Waals surface area (Å²) in [4.78, 5) is 10.9. The minimum Gasteiger partial charge on any atom is -0.433 e. The van der Waals surface area contributed by atoms with E-state index < -0.39 is 9.76 Å². The molecule has 1 aromatic carbocycles. The van der Waals surface area contributed by atoms with E-state index in [-0.39, 0.29) is 0 Å². The van der Waals surface area contributed by atoms with Crippen LogP contribution in [0.1, 0.15) is 0 Å². The van der Waals surface area contributed by atoms with Crippen molar-refractivity contribution in [2.24, 2.45) is 0 Å². The number of hydrogen-bond acceptors (Lipinski definition) is 2. The summed E-state index contributed by atoms with van der Waals surface area (Å²) < 4.78 is 0. The van der Waals surface area contributed by atoms with Crippen LogP contribution in [0, 0.1) is 0 Å². The van der Waals surface area contributed by atoms with Crippen LogP contribution in [0.5, 0.6) is 0 Å². The van der Waals surface area contributed by atoms with Crippen molar-refractivity contribution in [3.05, 3.63) is 24.3 Å². The molecule has 0 radical (unpaired) electrons. The summed E-state index contributed by atoms with van der Waals surface area (Å²) in [5.74, 6) is 0. The molecule has 0 heterocycles. The molecule has 1 rings (SSSR count). The molecule has 0 aliphatic heterocycles. The summed E-state index contributed by atoms with van der Waals surface area (Å²) in [7, 11) is 3.04. The van der Waals surface area contributed by atoms with E-state index in [9.17, 15) is 0 Å². The zero-order chi connectivity index (χ0) is 8.27. The molecule has 0 aromatic heterocycles. The fraction of sp³-hybridized carbons (Fsp3) is 0.250. The van der Waals surface area contributed by atoms with Gasteiger partial charge in [-0.2, -0.15) is 0 Å². The van der Waals surface area contributed by atoms with Gasteiger partial charge in [-0.1, -0.05) is 12.1 Å². The first-order valence-electron chi connectivity index (χ1n) is 3.61. The molecule has 1 N–H and O–H groups in total. The number of anilines is 1. The van der Waals surface area contributed by atoms with Crippen LogP contribution in [0.2, 0.25) is 0 Å². The lowest BCUT2D eigenvalue weighted by atomic mass is 10.3. The SMILES string of the molecule is CN(C)c1ccc([SiH2]O)cc1. The minimum atomic E-state index is -0.968. The van der Waals surface area contributed by atoms with E-state index in [0.717, 1.165) is 5.19 Å². The summed E-state index contributed by atoms with van der Waals surface area (Å²) in [5, 5.41) is 1.09. The lowest BCUT2D eigenvalue weighted by Crippen LogP contribution is -2.14. The first-order valence-corrected chi connectivity index (χ1v) is 4.95. The molecule has 0 atom stereocenters. The van der Waals surface area contributed by atoms with Gasteiger partial charge in [0.15, 0.2) is 9.76 Å². The van der Waals surface area contributed by atoms with Crippen molar-refractivity contribution < 1.29 is 4.80 Å². The van der Waals surface area contributed by atoms with E-state index in [2.05, 4.69) is 0 Å². The monoisotopic (exact) mass is 167 g/mol. The normalized spacial score (nSPS) is 10.8. The smallest absolute Gasteiger partial charge is 0.187 e. The standard InChI is InChI=1S/C8H13NOSi/c1-9(2)7-3-5-8(11-10)6-4-7/h3-6,10H,11H2,1-2H3. The van der Waals surface area contributed by atoms with Gasteiger partial charge in [0.2, 0.25) is 0 Å². The Hall–Kier alpha value is -0.803. The predicted molar refractivity (Wildman–Crippen MR) is 51.2 cm³/mol. The summed E-state index contributed by atoms with van der Waals surface area (Å²) in [5.41, 5.74) is 1.18. The molecule has 1 aromatic rings. The quantitative estimate of drug-likeness (QED) is 0.598. The maximum absolute atomic E-state index is 8.89. The van der Waals surface area contributed by atoms with Crippen molar-refractivity contribution in [1.82, 2.24) is 0 Å². The molecule has 0 saturated carbocycles. The largest absolute Gasteiger partial charge is 0.433 e. The molecule has 0 aliphatic carbocycles. The van der Waals surface area contributed by atoms with Gasteiger partial charge >= 0.3 is 0 Å². The minimum absolute atomic E-state index is 0.968. The molecule has 0 aliphatic rings. The van der Waals surface area contributed by atoms with E-state index in [1.54, 1.807) is 0 Å². The maximum atomic E-state index is 8.89. The van der Waals surface area contributed by atoms with Crippen molar-refractivity contribution in [2.45, 2.75) is 0 Å². The molecule has 11 heavy (non-hydrogen) atoms. The molecular formula is C8H13NOSi. The van der Waals surface area contributed by atoms with Crippen LogP contribution in [-0.2, 0) is 0 Å². The van der Waals surface area contributed by atoms with E-state index in [0.29, 0.717) is 0 Å². The Morgan fingerprint density at radius 3 is 2.09 bits per heavy atom. The highest BCUT2D eigenvalue weighted by Crippen LogP contribution is 2.06. The van der Waals surface area contributed by atoms with Crippen LogP contribution < -0.4 is 10.1 Å². The van der Waals surface area contributed by atoms with Crippen LogP contribution in [0.4, 0.5) is 5.69 Å². The van der Waals surface area contributed by atoms with Crippen LogP contribution in [0.3, 0.4) is 0 Å². The number of nitrogens with zero attached hydrogens (tertiary/aromatic N) is 1. The molecule has 0 saturated heterocycles. The van der Waals surface area contributed by atoms with Crippen LogP contribution >= 0.6 is 0 Å². The third kappa shape index (κ3) is 2.06. The Morgan fingerprint density at radius 1 is 1.18 bits per heavy atom. The van der Waals surface area contributed by atoms with Gasteiger partial charge < -0.3 is 9.70 Å². The highest BCUT2D eigenvalue weighted by atomic mass is 28.2. The van der Waals surface area contributed by atoms with E-state index in [4.69, 9.17) is 4.80 Å². The zero-order valence-corrected chi connectivity index (χ0v) is 8.33. The van der Waals surface area contributed by atoms with Crippen molar-refractivity contribution in [2.75, 3.05) is 19.0 Å². The first kappa shape index (κ1) is 8.29. The van der Waals surface area contributed by atoms with Gasteiger partial charge in [-0.25, -0.2) is 0 Å². The summed E-state index contributed by atoms with van der Waals surface area (Å²) >= 11 is 0. The summed E-state index contributed by atoms with van der Waals surface area (Å²) in [6.07, 6.45) is 0. The van der Waals surface area contributed by atoms with Crippen LogP contribution in [0.15, 0.2) is 24.3 Å². The Labute approximate surface area is 69.4 Å².